The summed E-state index contributed by atoms with van der Waals surface area (Å²) in [6.07, 6.45) is 3.09. The van der Waals surface area contributed by atoms with Gasteiger partial charge in [0.05, 0.1) is 25.0 Å². The second-order valence-electron chi connectivity index (χ2n) is 5.85. The lowest BCUT2D eigenvalue weighted by atomic mass is 9.93. The zero-order valence-electron chi connectivity index (χ0n) is 14.3. The normalized spacial score (nSPS) is 16.3. The van der Waals surface area contributed by atoms with E-state index in [9.17, 15) is 9.90 Å². The third-order valence-corrected chi connectivity index (χ3v) is 4.26. The molecule has 6 nitrogen and oxygen atoms in total. The molecule has 2 heterocycles. The molecular formula is C18H23Cl2N3O3. The average Bonchev–Trinajstić information content (AvgIpc) is 2.65. The Labute approximate surface area is 165 Å². The molecule has 2 unspecified atom stereocenters. The van der Waals surface area contributed by atoms with Crippen LogP contribution in [0.2, 0.25) is 0 Å². The van der Waals surface area contributed by atoms with Crippen LogP contribution in [0.15, 0.2) is 42.7 Å². The Bertz CT molecular complexity index is 730. The SMILES string of the molecule is COc1cncc(C(=O)NCC(O)C2Cc3ccccc3CN2)c1.Cl.Cl. The van der Waals surface area contributed by atoms with Crippen LogP contribution in [0.1, 0.15) is 21.5 Å². The summed E-state index contributed by atoms with van der Waals surface area (Å²) in [6, 6.07) is 9.72. The molecular weight excluding hydrogens is 377 g/mol. The molecule has 1 aromatic carbocycles. The van der Waals surface area contributed by atoms with E-state index >= 15 is 0 Å². The molecule has 2 atom stereocenters. The maximum absolute atomic E-state index is 12.2. The fourth-order valence-electron chi connectivity index (χ4n) is 2.85. The number of rotatable bonds is 5. The molecule has 1 amide bonds. The van der Waals surface area contributed by atoms with Crippen LogP contribution >= 0.6 is 24.8 Å². The van der Waals surface area contributed by atoms with Crippen LogP contribution in [0.5, 0.6) is 5.75 Å². The van der Waals surface area contributed by atoms with E-state index in [-0.39, 0.29) is 43.3 Å². The maximum atomic E-state index is 12.2. The van der Waals surface area contributed by atoms with E-state index in [1.54, 1.807) is 6.07 Å². The van der Waals surface area contributed by atoms with E-state index in [0.29, 0.717) is 11.3 Å². The monoisotopic (exact) mass is 399 g/mol. The first-order valence-corrected chi connectivity index (χ1v) is 7.93. The van der Waals surface area contributed by atoms with Gasteiger partial charge in [0.1, 0.15) is 5.75 Å². The summed E-state index contributed by atoms with van der Waals surface area (Å²) in [4.78, 5) is 16.1. The Kier molecular flexibility index (Phi) is 8.81. The highest BCUT2D eigenvalue weighted by atomic mass is 35.5. The molecule has 8 heteroatoms. The van der Waals surface area contributed by atoms with Gasteiger partial charge in [-0.15, -0.1) is 24.8 Å². The molecule has 1 aliphatic rings. The molecule has 0 fully saturated rings. The molecule has 3 N–H and O–H groups in total. The summed E-state index contributed by atoms with van der Waals surface area (Å²) in [6.45, 7) is 0.904. The van der Waals surface area contributed by atoms with Gasteiger partial charge in [-0.05, 0) is 23.6 Å². The molecule has 142 valence electrons. The van der Waals surface area contributed by atoms with Gasteiger partial charge in [-0.25, -0.2) is 0 Å². The number of halogens is 2. The first-order valence-electron chi connectivity index (χ1n) is 7.93. The number of carbonyl (C=O) groups excluding carboxylic acids is 1. The largest absolute Gasteiger partial charge is 0.495 e. The molecule has 0 aliphatic carbocycles. The molecule has 0 saturated heterocycles. The van der Waals surface area contributed by atoms with Gasteiger partial charge in [-0.1, -0.05) is 24.3 Å². The van der Waals surface area contributed by atoms with Crippen LogP contribution in [-0.4, -0.2) is 41.8 Å². The highest BCUT2D eigenvalue weighted by molar-refractivity contribution is 5.94. The lowest BCUT2D eigenvalue weighted by molar-refractivity contribution is 0.0869. The number of amides is 1. The third-order valence-electron chi connectivity index (χ3n) is 4.26. The minimum Gasteiger partial charge on any atom is -0.495 e. The van der Waals surface area contributed by atoms with Crippen molar-refractivity contribution >= 4 is 30.7 Å². The Balaban J connectivity index is 0.00000169. The Morgan fingerprint density at radius 1 is 1.35 bits per heavy atom. The fourth-order valence-corrected chi connectivity index (χ4v) is 2.85. The molecule has 0 saturated carbocycles. The highest BCUT2D eigenvalue weighted by Crippen LogP contribution is 2.18. The fraction of sp³-hybridized carbons (Fsp3) is 0.333. The van der Waals surface area contributed by atoms with E-state index in [0.717, 1.165) is 13.0 Å². The van der Waals surface area contributed by atoms with Crippen LogP contribution in [0, 0.1) is 0 Å². The average molecular weight is 400 g/mol. The van der Waals surface area contributed by atoms with Crippen molar-refractivity contribution < 1.29 is 14.6 Å². The zero-order valence-corrected chi connectivity index (χ0v) is 16.0. The number of ether oxygens (including phenoxy) is 1. The smallest absolute Gasteiger partial charge is 0.253 e. The molecule has 26 heavy (non-hydrogen) atoms. The number of methoxy groups -OCH3 is 1. The van der Waals surface area contributed by atoms with Crippen LogP contribution in [0.3, 0.4) is 0 Å². The number of hydrogen-bond acceptors (Lipinski definition) is 5. The topological polar surface area (TPSA) is 83.5 Å². The van der Waals surface area contributed by atoms with Crippen LogP contribution in [0.25, 0.3) is 0 Å². The van der Waals surface area contributed by atoms with E-state index < -0.39 is 6.10 Å². The Morgan fingerprint density at radius 3 is 2.81 bits per heavy atom. The number of fused-ring (bicyclic) bond motifs is 1. The number of aliphatic hydroxyl groups is 1. The van der Waals surface area contributed by atoms with E-state index in [1.807, 2.05) is 12.1 Å². The maximum Gasteiger partial charge on any atom is 0.253 e. The van der Waals surface area contributed by atoms with Crippen LogP contribution < -0.4 is 15.4 Å². The predicted octanol–water partition coefficient (Wildman–Crippen LogP) is 1.74. The number of aliphatic hydroxyl groups excluding tert-OH is 1. The van der Waals surface area contributed by atoms with E-state index in [4.69, 9.17) is 4.74 Å². The van der Waals surface area contributed by atoms with Crippen LogP contribution in [-0.2, 0) is 13.0 Å². The number of nitrogens with one attached hydrogen (secondary N) is 2. The molecule has 1 aromatic heterocycles. The molecule has 3 rings (SSSR count). The van der Waals surface area contributed by atoms with Gasteiger partial charge in [0.25, 0.3) is 5.91 Å². The van der Waals surface area contributed by atoms with E-state index in [1.165, 1.54) is 30.6 Å². The van der Waals surface area contributed by atoms with Gasteiger partial charge in [0.15, 0.2) is 0 Å². The van der Waals surface area contributed by atoms with Crippen molar-refractivity contribution in [3.63, 3.8) is 0 Å². The molecule has 1 aliphatic heterocycles. The van der Waals surface area contributed by atoms with Crippen molar-refractivity contribution in [2.24, 2.45) is 0 Å². The summed E-state index contributed by atoms with van der Waals surface area (Å²) < 4.78 is 5.06. The number of aromatic nitrogens is 1. The first-order chi connectivity index (χ1) is 11.7. The predicted molar refractivity (Wildman–Crippen MR) is 104 cm³/mol. The Hall–Kier alpha value is -1.86. The minimum absolute atomic E-state index is 0. The number of hydrogen-bond donors (Lipinski definition) is 3. The number of benzene rings is 1. The van der Waals surface area contributed by atoms with Gasteiger partial charge >= 0.3 is 0 Å². The minimum atomic E-state index is -0.666. The zero-order chi connectivity index (χ0) is 16.9. The molecule has 0 bridgehead atoms. The summed E-state index contributed by atoms with van der Waals surface area (Å²) in [5.41, 5.74) is 2.90. The van der Waals surface area contributed by atoms with Gasteiger partial charge < -0.3 is 20.5 Å². The lowest BCUT2D eigenvalue weighted by Crippen LogP contribution is -2.49. The highest BCUT2D eigenvalue weighted by Gasteiger charge is 2.24. The van der Waals surface area contributed by atoms with Crippen LogP contribution in [0.4, 0.5) is 0 Å². The quantitative estimate of drug-likeness (QED) is 0.712. The van der Waals surface area contributed by atoms with Crippen molar-refractivity contribution in [3.8, 4) is 5.75 Å². The van der Waals surface area contributed by atoms with Crippen molar-refractivity contribution in [2.45, 2.75) is 25.1 Å². The van der Waals surface area contributed by atoms with Gasteiger partial charge in [-0.2, -0.15) is 0 Å². The van der Waals surface area contributed by atoms with Crippen molar-refractivity contribution in [2.75, 3.05) is 13.7 Å². The Morgan fingerprint density at radius 2 is 2.08 bits per heavy atom. The van der Waals surface area contributed by atoms with Gasteiger partial charge in [-0.3, -0.25) is 9.78 Å². The second-order valence-corrected chi connectivity index (χ2v) is 5.85. The first kappa shape index (κ1) is 22.2. The third kappa shape index (κ3) is 5.32. The molecule has 0 radical (unpaired) electrons. The van der Waals surface area contributed by atoms with Crippen molar-refractivity contribution in [1.29, 1.82) is 0 Å². The standard InChI is InChI=1S/C18H21N3O3.2ClH/c1-24-15-6-14(8-19-10-15)18(23)21-11-17(22)16-7-12-4-2-3-5-13(12)9-20-16;;/h2-6,8,10,16-17,20,22H,7,9,11H2,1H3,(H,21,23);2*1H. The van der Waals surface area contributed by atoms with E-state index in [2.05, 4.69) is 27.8 Å². The molecule has 0 spiro atoms. The number of carbonyl (C=O) groups is 1. The number of pyridine rings is 1. The lowest BCUT2D eigenvalue weighted by Gasteiger charge is -2.30. The number of nitrogens with zero attached hydrogens (tertiary/aromatic N) is 1. The van der Waals surface area contributed by atoms with Gasteiger partial charge in [0, 0.05) is 25.3 Å². The molecule has 2 aromatic rings. The summed E-state index contributed by atoms with van der Waals surface area (Å²) in [7, 11) is 1.52. The van der Waals surface area contributed by atoms with Gasteiger partial charge in [0.2, 0.25) is 0 Å². The summed E-state index contributed by atoms with van der Waals surface area (Å²) in [5, 5.41) is 16.4. The van der Waals surface area contributed by atoms with Crippen molar-refractivity contribution in [1.82, 2.24) is 15.6 Å². The second kappa shape index (κ2) is 10.3. The summed E-state index contributed by atoms with van der Waals surface area (Å²) >= 11 is 0. The summed E-state index contributed by atoms with van der Waals surface area (Å²) in [5.74, 6) is 0.241. The van der Waals surface area contributed by atoms with Crippen molar-refractivity contribution in [3.05, 3.63) is 59.4 Å².